The van der Waals surface area contributed by atoms with Gasteiger partial charge in [-0.2, -0.15) is 25.3 Å². The second kappa shape index (κ2) is 14.1. The van der Waals surface area contributed by atoms with Crippen molar-refractivity contribution in [2.45, 2.75) is 57.3 Å². The Morgan fingerprint density at radius 1 is 0.833 bits per heavy atom. The Labute approximate surface area is 185 Å². The summed E-state index contributed by atoms with van der Waals surface area (Å²) in [6.45, 7) is 3.79. The number of carboxylic acids is 2. The van der Waals surface area contributed by atoms with Crippen LogP contribution < -0.4 is 21.7 Å². The van der Waals surface area contributed by atoms with Crippen molar-refractivity contribution in [2.75, 3.05) is 11.5 Å². The fourth-order valence-corrected chi connectivity index (χ4v) is 2.87. The zero-order valence-corrected chi connectivity index (χ0v) is 18.6. The molecule has 172 valence electrons. The van der Waals surface area contributed by atoms with E-state index in [0.29, 0.717) is 6.42 Å². The molecule has 0 bridgehead atoms. The fourth-order valence-electron chi connectivity index (χ4n) is 2.35. The van der Waals surface area contributed by atoms with E-state index in [1.54, 1.807) is 0 Å². The van der Waals surface area contributed by atoms with Crippen LogP contribution in [-0.2, 0) is 24.0 Å². The molecule has 3 amide bonds. The van der Waals surface area contributed by atoms with Crippen LogP contribution in [0.15, 0.2) is 0 Å². The van der Waals surface area contributed by atoms with Crippen molar-refractivity contribution >= 4 is 54.9 Å². The molecule has 4 atom stereocenters. The Kier molecular flexibility index (Phi) is 13.2. The molecule has 0 heterocycles. The number of nitrogens with one attached hydrogen (secondary N) is 3. The fraction of sp³-hybridized carbons (Fsp3) is 0.706. The van der Waals surface area contributed by atoms with Gasteiger partial charge in [-0.3, -0.25) is 19.2 Å². The standard InChI is InChI=1S/C17H30N4O7S2/c1-8(2)5-9(18)14(24)20-11(6-29)16(26)21-12(7-30)15(25)19-10(17(27)28)3-4-13(22)23/h8-12,29-30H,3-7,18H2,1-2H3,(H,19,25)(H,20,24)(H,21,26)(H,22,23)(H,27,28). The molecular formula is C17H30N4O7S2. The number of hydrogen-bond acceptors (Lipinski definition) is 8. The number of rotatable bonds is 14. The second-order valence-electron chi connectivity index (χ2n) is 7.06. The summed E-state index contributed by atoms with van der Waals surface area (Å²) in [6.07, 6.45) is -0.367. The van der Waals surface area contributed by atoms with Crippen LogP contribution in [0.2, 0.25) is 0 Å². The summed E-state index contributed by atoms with van der Waals surface area (Å²) in [5, 5.41) is 24.8. The number of carbonyl (C=O) groups excluding carboxylic acids is 3. The summed E-state index contributed by atoms with van der Waals surface area (Å²) in [5.74, 6) is -4.78. The van der Waals surface area contributed by atoms with Gasteiger partial charge in [-0.1, -0.05) is 13.8 Å². The number of carbonyl (C=O) groups is 5. The highest BCUT2D eigenvalue weighted by molar-refractivity contribution is 7.80. The molecule has 0 aliphatic rings. The molecule has 0 radical (unpaired) electrons. The van der Waals surface area contributed by atoms with Crippen LogP contribution in [0.4, 0.5) is 0 Å². The van der Waals surface area contributed by atoms with Crippen LogP contribution in [-0.4, -0.2) is 75.5 Å². The van der Waals surface area contributed by atoms with E-state index >= 15 is 0 Å². The first-order valence-electron chi connectivity index (χ1n) is 9.25. The Morgan fingerprint density at radius 2 is 1.27 bits per heavy atom. The Morgan fingerprint density at radius 3 is 1.63 bits per heavy atom. The Bertz CT molecular complexity index is 633. The van der Waals surface area contributed by atoms with Gasteiger partial charge in [0.25, 0.3) is 0 Å². The zero-order valence-electron chi connectivity index (χ0n) is 16.8. The van der Waals surface area contributed by atoms with Crippen LogP contribution in [0.25, 0.3) is 0 Å². The largest absolute Gasteiger partial charge is 0.481 e. The lowest BCUT2D eigenvalue weighted by Crippen LogP contribution is -2.58. The monoisotopic (exact) mass is 466 g/mol. The van der Waals surface area contributed by atoms with Crippen LogP contribution in [0.5, 0.6) is 0 Å². The number of nitrogens with two attached hydrogens (primary N) is 1. The Balaban J connectivity index is 4.98. The average molecular weight is 467 g/mol. The summed E-state index contributed by atoms with van der Waals surface area (Å²) < 4.78 is 0. The highest BCUT2D eigenvalue weighted by atomic mass is 32.1. The molecule has 13 heteroatoms. The molecule has 11 nitrogen and oxygen atoms in total. The lowest BCUT2D eigenvalue weighted by atomic mass is 10.0. The number of carboxylic acid groups (broad SMARTS) is 2. The quantitative estimate of drug-likeness (QED) is 0.144. The van der Waals surface area contributed by atoms with Crippen molar-refractivity contribution < 1.29 is 34.2 Å². The van der Waals surface area contributed by atoms with Crippen molar-refractivity contribution in [3.63, 3.8) is 0 Å². The van der Waals surface area contributed by atoms with Crippen LogP contribution in [0.1, 0.15) is 33.1 Å². The van der Waals surface area contributed by atoms with Gasteiger partial charge in [0.2, 0.25) is 17.7 Å². The van der Waals surface area contributed by atoms with Gasteiger partial charge in [-0.05, 0) is 18.8 Å². The molecule has 4 unspecified atom stereocenters. The molecule has 0 rings (SSSR count). The van der Waals surface area contributed by atoms with E-state index < -0.39 is 60.2 Å². The third kappa shape index (κ3) is 10.7. The predicted molar refractivity (Wildman–Crippen MR) is 115 cm³/mol. The van der Waals surface area contributed by atoms with E-state index in [9.17, 15) is 24.0 Å². The van der Waals surface area contributed by atoms with E-state index in [0.717, 1.165) is 0 Å². The van der Waals surface area contributed by atoms with Crippen molar-refractivity contribution in [3.8, 4) is 0 Å². The minimum absolute atomic E-state index is 0.0662. The molecule has 0 aromatic carbocycles. The summed E-state index contributed by atoms with van der Waals surface area (Å²) in [6, 6.07) is -4.54. The van der Waals surface area contributed by atoms with Crippen molar-refractivity contribution in [3.05, 3.63) is 0 Å². The van der Waals surface area contributed by atoms with E-state index in [1.807, 2.05) is 13.8 Å². The number of thiol groups is 2. The summed E-state index contributed by atoms with van der Waals surface area (Å²) in [5.41, 5.74) is 5.79. The maximum Gasteiger partial charge on any atom is 0.326 e. The average Bonchev–Trinajstić information content (AvgIpc) is 2.65. The highest BCUT2D eigenvalue weighted by Crippen LogP contribution is 2.04. The third-order valence-electron chi connectivity index (χ3n) is 3.95. The van der Waals surface area contributed by atoms with Gasteiger partial charge in [0.05, 0.1) is 6.04 Å². The first kappa shape index (κ1) is 28.0. The summed E-state index contributed by atoms with van der Waals surface area (Å²) in [7, 11) is 0. The molecule has 0 saturated carbocycles. The first-order valence-corrected chi connectivity index (χ1v) is 10.5. The lowest BCUT2D eigenvalue weighted by molar-refractivity contribution is -0.143. The molecule has 7 N–H and O–H groups in total. The molecule has 0 saturated heterocycles. The van der Waals surface area contributed by atoms with E-state index in [1.165, 1.54) is 0 Å². The van der Waals surface area contributed by atoms with Crippen LogP contribution >= 0.6 is 25.3 Å². The number of amides is 3. The van der Waals surface area contributed by atoms with Gasteiger partial charge in [0.1, 0.15) is 18.1 Å². The minimum Gasteiger partial charge on any atom is -0.481 e. The van der Waals surface area contributed by atoms with Crippen molar-refractivity contribution in [2.24, 2.45) is 11.7 Å². The van der Waals surface area contributed by atoms with Gasteiger partial charge in [0, 0.05) is 17.9 Å². The summed E-state index contributed by atoms with van der Waals surface area (Å²) >= 11 is 8.01. The lowest BCUT2D eigenvalue weighted by Gasteiger charge is -2.24. The maximum absolute atomic E-state index is 12.4. The number of hydrogen-bond donors (Lipinski definition) is 8. The number of aliphatic carboxylic acids is 2. The first-order chi connectivity index (χ1) is 13.9. The zero-order chi connectivity index (χ0) is 23.4. The summed E-state index contributed by atoms with van der Waals surface area (Å²) in [4.78, 5) is 58.7. The van der Waals surface area contributed by atoms with Gasteiger partial charge in [0.15, 0.2) is 0 Å². The normalized spacial score (nSPS) is 14.9. The Hall–Kier alpha value is -1.99. The van der Waals surface area contributed by atoms with Crippen LogP contribution in [0.3, 0.4) is 0 Å². The van der Waals surface area contributed by atoms with E-state index in [2.05, 4.69) is 41.2 Å². The van der Waals surface area contributed by atoms with Crippen molar-refractivity contribution in [1.29, 1.82) is 0 Å². The smallest absolute Gasteiger partial charge is 0.326 e. The topological polar surface area (TPSA) is 188 Å². The molecule has 0 aliphatic carbocycles. The van der Waals surface area contributed by atoms with Gasteiger partial charge in [-0.15, -0.1) is 0 Å². The van der Waals surface area contributed by atoms with E-state index in [4.69, 9.17) is 15.9 Å². The minimum atomic E-state index is -1.44. The highest BCUT2D eigenvalue weighted by Gasteiger charge is 2.29. The van der Waals surface area contributed by atoms with Gasteiger partial charge >= 0.3 is 11.9 Å². The molecule has 0 aromatic heterocycles. The SMILES string of the molecule is CC(C)CC(N)C(=O)NC(CS)C(=O)NC(CS)C(=O)NC(CCC(=O)O)C(=O)O. The second-order valence-corrected chi connectivity index (χ2v) is 7.79. The molecule has 0 aliphatic heterocycles. The molecular weight excluding hydrogens is 436 g/mol. The van der Waals surface area contributed by atoms with Gasteiger partial charge in [-0.25, -0.2) is 4.79 Å². The molecule has 30 heavy (non-hydrogen) atoms. The van der Waals surface area contributed by atoms with Gasteiger partial charge < -0.3 is 31.9 Å². The van der Waals surface area contributed by atoms with E-state index in [-0.39, 0.29) is 23.8 Å². The van der Waals surface area contributed by atoms with Crippen LogP contribution in [0, 0.1) is 5.92 Å². The molecule has 0 spiro atoms. The molecule has 0 fully saturated rings. The van der Waals surface area contributed by atoms with Crippen molar-refractivity contribution in [1.82, 2.24) is 16.0 Å². The molecule has 0 aromatic rings. The predicted octanol–water partition coefficient (Wildman–Crippen LogP) is -1.38. The maximum atomic E-state index is 12.4. The third-order valence-corrected chi connectivity index (χ3v) is 4.68.